The van der Waals surface area contributed by atoms with Gasteiger partial charge in [0.15, 0.2) is 0 Å². The molecule has 0 amide bonds. The van der Waals surface area contributed by atoms with Crippen LogP contribution < -0.4 is 0 Å². The molecular weight excluding hydrogens is 488 g/mol. The molecule has 8 heteroatoms. The van der Waals surface area contributed by atoms with Crippen molar-refractivity contribution in [3.63, 3.8) is 0 Å². The maximum atomic E-state index is 12.4. The third-order valence-corrected chi connectivity index (χ3v) is 8.72. The first-order chi connectivity index (χ1) is 18.7. The van der Waals surface area contributed by atoms with Gasteiger partial charge in [-0.1, -0.05) is 43.7 Å². The van der Waals surface area contributed by atoms with Gasteiger partial charge >= 0.3 is 5.97 Å². The molecule has 3 aromatic rings. The van der Waals surface area contributed by atoms with Crippen molar-refractivity contribution in [2.24, 2.45) is 11.3 Å². The van der Waals surface area contributed by atoms with Gasteiger partial charge in [0.25, 0.3) is 0 Å². The molecule has 1 aliphatic heterocycles. The SMILES string of the molecule is CCCn1cc(CCC(c2ccc(C)c(Cn3ccnc3CN3CCC(CC)CC3)c2)C(C)(C)C(=O)O)nn1. The molecule has 8 nitrogen and oxygen atoms in total. The predicted molar refractivity (Wildman–Crippen MR) is 154 cm³/mol. The van der Waals surface area contributed by atoms with E-state index >= 15 is 0 Å². The van der Waals surface area contributed by atoms with Crippen LogP contribution in [-0.4, -0.2) is 53.6 Å². The monoisotopic (exact) mass is 534 g/mol. The standard InChI is InChI=1S/C31H46N6O2/c1-6-15-37-21-27(33-34-37)10-11-28(31(4,5)30(38)39)25-9-8-23(3)26(19-25)20-36-18-14-32-29(36)22-35-16-12-24(7-2)13-17-35/h8-9,14,18-19,21,24,28H,6-7,10-13,15-17,20,22H2,1-5H3,(H,38,39). The number of rotatable bonds is 13. The van der Waals surface area contributed by atoms with E-state index in [0.717, 1.165) is 62.1 Å². The number of carboxylic acid groups (broad SMARTS) is 1. The number of carboxylic acids is 1. The molecule has 1 aromatic carbocycles. The summed E-state index contributed by atoms with van der Waals surface area (Å²) in [5.74, 6) is 1.01. The Morgan fingerprint density at radius 3 is 2.64 bits per heavy atom. The Kier molecular flexibility index (Phi) is 9.59. The minimum atomic E-state index is -0.920. The number of benzene rings is 1. The molecule has 1 aliphatic rings. The largest absolute Gasteiger partial charge is 0.481 e. The van der Waals surface area contributed by atoms with Crippen molar-refractivity contribution in [1.29, 1.82) is 0 Å². The third kappa shape index (κ3) is 7.15. The van der Waals surface area contributed by atoms with E-state index in [4.69, 9.17) is 4.98 Å². The molecule has 3 heterocycles. The number of hydrogen-bond acceptors (Lipinski definition) is 5. The minimum Gasteiger partial charge on any atom is -0.481 e. The van der Waals surface area contributed by atoms with E-state index in [1.54, 1.807) is 0 Å². The lowest BCUT2D eigenvalue weighted by Crippen LogP contribution is -2.34. The highest BCUT2D eigenvalue weighted by molar-refractivity contribution is 5.75. The van der Waals surface area contributed by atoms with Crippen molar-refractivity contribution in [3.05, 3.63) is 65.0 Å². The summed E-state index contributed by atoms with van der Waals surface area (Å²) in [5, 5.41) is 18.7. The van der Waals surface area contributed by atoms with Crippen LogP contribution in [0.15, 0.2) is 36.8 Å². The Bertz CT molecular complexity index is 1220. The molecule has 1 atom stereocenters. The fraction of sp³-hybridized carbons (Fsp3) is 0.613. The van der Waals surface area contributed by atoms with Gasteiger partial charge in [0, 0.05) is 31.7 Å². The van der Waals surface area contributed by atoms with Crippen LogP contribution in [0.1, 0.15) is 93.9 Å². The van der Waals surface area contributed by atoms with E-state index in [1.807, 2.05) is 30.9 Å². The number of likely N-dealkylation sites (tertiary alicyclic amines) is 1. The van der Waals surface area contributed by atoms with E-state index in [-0.39, 0.29) is 5.92 Å². The number of aryl methyl sites for hydroxylation is 3. The van der Waals surface area contributed by atoms with Gasteiger partial charge in [-0.15, -0.1) is 5.10 Å². The van der Waals surface area contributed by atoms with Gasteiger partial charge in [0.2, 0.25) is 0 Å². The molecule has 1 saturated heterocycles. The fourth-order valence-electron chi connectivity index (χ4n) is 5.83. The topological polar surface area (TPSA) is 89.1 Å². The first-order valence-electron chi connectivity index (χ1n) is 14.6. The summed E-state index contributed by atoms with van der Waals surface area (Å²) in [7, 11) is 0. The van der Waals surface area contributed by atoms with Crippen molar-refractivity contribution >= 4 is 5.97 Å². The van der Waals surface area contributed by atoms with E-state index in [0.29, 0.717) is 12.8 Å². The molecule has 1 fully saturated rings. The highest BCUT2D eigenvalue weighted by Gasteiger charge is 2.38. The average molecular weight is 535 g/mol. The zero-order valence-corrected chi connectivity index (χ0v) is 24.4. The fourth-order valence-corrected chi connectivity index (χ4v) is 5.83. The van der Waals surface area contributed by atoms with Crippen LogP contribution in [0.3, 0.4) is 0 Å². The summed E-state index contributed by atoms with van der Waals surface area (Å²) < 4.78 is 4.12. The Labute approximate surface area is 233 Å². The smallest absolute Gasteiger partial charge is 0.309 e. The number of aromatic nitrogens is 5. The van der Waals surface area contributed by atoms with E-state index in [2.05, 4.69) is 64.9 Å². The van der Waals surface area contributed by atoms with E-state index in [1.165, 1.54) is 30.4 Å². The molecule has 0 spiro atoms. The molecule has 0 radical (unpaired) electrons. The summed E-state index contributed by atoms with van der Waals surface area (Å²) in [6.07, 6.45) is 12.2. The van der Waals surface area contributed by atoms with Crippen molar-refractivity contribution < 1.29 is 9.90 Å². The van der Waals surface area contributed by atoms with Crippen LogP contribution in [0.4, 0.5) is 0 Å². The lowest BCUT2D eigenvalue weighted by Gasteiger charge is -2.32. The third-order valence-electron chi connectivity index (χ3n) is 8.72. The Morgan fingerprint density at radius 1 is 1.18 bits per heavy atom. The van der Waals surface area contributed by atoms with Gasteiger partial charge in [0.05, 0.1) is 17.7 Å². The summed E-state index contributed by atoms with van der Waals surface area (Å²) >= 11 is 0. The maximum Gasteiger partial charge on any atom is 0.309 e. The van der Waals surface area contributed by atoms with Gasteiger partial charge in [-0.3, -0.25) is 14.4 Å². The first kappa shape index (κ1) is 29.0. The van der Waals surface area contributed by atoms with Crippen LogP contribution in [0, 0.1) is 18.3 Å². The van der Waals surface area contributed by atoms with Crippen LogP contribution in [0.25, 0.3) is 0 Å². The Balaban J connectivity index is 1.52. The van der Waals surface area contributed by atoms with Crippen molar-refractivity contribution in [1.82, 2.24) is 29.4 Å². The first-order valence-corrected chi connectivity index (χ1v) is 14.6. The molecule has 212 valence electrons. The summed E-state index contributed by atoms with van der Waals surface area (Å²) in [6, 6.07) is 6.46. The molecule has 4 rings (SSSR count). The van der Waals surface area contributed by atoms with Crippen LogP contribution >= 0.6 is 0 Å². The molecule has 0 saturated carbocycles. The second kappa shape index (κ2) is 12.9. The van der Waals surface area contributed by atoms with Crippen LogP contribution in [0.2, 0.25) is 0 Å². The predicted octanol–water partition coefficient (Wildman–Crippen LogP) is 5.69. The number of carbonyl (C=O) groups is 1. The summed E-state index contributed by atoms with van der Waals surface area (Å²) in [5.41, 5.74) is 3.46. The maximum absolute atomic E-state index is 12.4. The van der Waals surface area contributed by atoms with Crippen molar-refractivity contribution in [3.8, 4) is 0 Å². The van der Waals surface area contributed by atoms with E-state index < -0.39 is 11.4 Å². The zero-order chi connectivity index (χ0) is 28.0. The summed E-state index contributed by atoms with van der Waals surface area (Å²) in [6.45, 7) is 14.9. The van der Waals surface area contributed by atoms with Crippen molar-refractivity contribution in [2.45, 2.75) is 98.7 Å². The number of imidazole rings is 1. The van der Waals surface area contributed by atoms with E-state index in [9.17, 15) is 9.90 Å². The zero-order valence-electron chi connectivity index (χ0n) is 24.4. The minimum absolute atomic E-state index is 0.159. The molecule has 0 aliphatic carbocycles. The lowest BCUT2D eigenvalue weighted by atomic mass is 9.72. The Hall–Kier alpha value is -3.00. The second-order valence-corrected chi connectivity index (χ2v) is 11.9. The van der Waals surface area contributed by atoms with Gasteiger partial charge in [-0.25, -0.2) is 4.98 Å². The Morgan fingerprint density at radius 2 is 1.95 bits per heavy atom. The molecule has 1 N–H and O–H groups in total. The number of hydrogen-bond donors (Lipinski definition) is 1. The normalized spacial score (nSPS) is 16.0. The molecule has 0 bridgehead atoms. The molecule has 1 unspecified atom stereocenters. The van der Waals surface area contributed by atoms with Gasteiger partial charge in [0.1, 0.15) is 5.82 Å². The molecule has 2 aromatic heterocycles. The number of nitrogens with zero attached hydrogens (tertiary/aromatic N) is 6. The highest BCUT2D eigenvalue weighted by Crippen LogP contribution is 2.40. The number of aliphatic carboxylic acids is 1. The summed E-state index contributed by atoms with van der Waals surface area (Å²) in [4.78, 5) is 19.6. The van der Waals surface area contributed by atoms with Crippen molar-refractivity contribution in [2.75, 3.05) is 13.1 Å². The molecular formula is C31H46N6O2. The van der Waals surface area contributed by atoms with Crippen LogP contribution in [0.5, 0.6) is 0 Å². The second-order valence-electron chi connectivity index (χ2n) is 11.9. The number of piperidine rings is 1. The molecule has 39 heavy (non-hydrogen) atoms. The lowest BCUT2D eigenvalue weighted by molar-refractivity contribution is -0.148. The van der Waals surface area contributed by atoms with Gasteiger partial charge in [-0.2, -0.15) is 0 Å². The van der Waals surface area contributed by atoms with Crippen LogP contribution in [-0.2, 0) is 30.8 Å². The van der Waals surface area contributed by atoms with Gasteiger partial charge in [-0.05, 0) is 94.5 Å². The average Bonchev–Trinajstić information content (AvgIpc) is 3.55. The quantitative estimate of drug-likeness (QED) is 0.303. The highest BCUT2D eigenvalue weighted by atomic mass is 16.4. The van der Waals surface area contributed by atoms with Gasteiger partial charge < -0.3 is 9.67 Å².